The predicted octanol–water partition coefficient (Wildman–Crippen LogP) is 2.95. The van der Waals surface area contributed by atoms with Crippen LogP contribution in [-0.2, 0) is 4.79 Å². The summed E-state index contributed by atoms with van der Waals surface area (Å²) in [6, 6.07) is 2.95. The van der Waals surface area contributed by atoms with E-state index in [1.165, 1.54) is 12.1 Å². The summed E-state index contributed by atoms with van der Waals surface area (Å²) < 4.78 is 26.4. The highest BCUT2D eigenvalue weighted by molar-refractivity contribution is 5.85. The van der Waals surface area contributed by atoms with E-state index in [1.54, 1.807) is 6.92 Å². The number of hydrogen-bond donors (Lipinski definition) is 2. The molecule has 1 fully saturated rings. The van der Waals surface area contributed by atoms with E-state index in [-0.39, 0.29) is 18.3 Å². The second-order valence-corrected chi connectivity index (χ2v) is 5.35. The van der Waals surface area contributed by atoms with Crippen LogP contribution in [0.3, 0.4) is 0 Å². The van der Waals surface area contributed by atoms with Gasteiger partial charge < -0.3 is 10.6 Å². The molecule has 1 heterocycles. The number of rotatable bonds is 5. The Morgan fingerprint density at radius 3 is 2.86 bits per heavy atom. The molecule has 1 aliphatic rings. The maximum Gasteiger partial charge on any atom is 0.220 e. The number of amides is 1. The van der Waals surface area contributed by atoms with Gasteiger partial charge in [-0.25, -0.2) is 8.78 Å². The summed E-state index contributed by atoms with van der Waals surface area (Å²) >= 11 is 0. The number of halogens is 3. The molecule has 3 nitrogen and oxygen atoms in total. The summed E-state index contributed by atoms with van der Waals surface area (Å²) in [5, 5.41) is 6.02. The number of hydrogen-bond acceptors (Lipinski definition) is 2. The van der Waals surface area contributed by atoms with Crippen LogP contribution in [0.15, 0.2) is 18.2 Å². The fourth-order valence-electron chi connectivity index (χ4n) is 2.54. The van der Waals surface area contributed by atoms with E-state index in [9.17, 15) is 13.6 Å². The third-order valence-electron chi connectivity index (χ3n) is 3.75. The average Bonchev–Trinajstić information content (AvgIpc) is 2.89. The first-order chi connectivity index (χ1) is 9.56. The Bertz CT molecular complexity index is 479. The second kappa shape index (κ2) is 8.29. The van der Waals surface area contributed by atoms with Gasteiger partial charge in [-0.05, 0) is 44.8 Å². The molecule has 0 aliphatic carbocycles. The van der Waals surface area contributed by atoms with Gasteiger partial charge in [0.15, 0.2) is 0 Å². The molecule has 0 radical (unpaired) electrons. The summed E-state index contributed by atoms with van der Waals surface area (Å²) in [5.41, 5.74) is 0.308. The van der Waals surface area contributed by atoms with Crippen molar-refractivity contribution >= 4 is 18.3 Å². The van der Waals surface area contributed by atoms with Gasteiger partial charge in [0.25, 0.3) is 0 Å². The Morgan fingerprint density at radius 2 is 2.24 bits per heavy atom. The molecule has 1 aromatic carbocycles. The van der Waals surface area contributed by atoms with Gasteiger partial charge >= 0.3 is 0 Å². The molecule has 2 rings (SSSR count). The quantitative estimate of drug-likeness (QED) is 0.876. The van der Waals surface area contributed by atoms with Crippen molar-refractivity contribution in [3.63, 3.8) is 0 Å². The molecule has 2 atom stereocenters. The van der Waals surface area contributed by atoms with Gasteiger partial charge in [-0.2, -0.15) is 0 Å². The molecule has 21 heavy (non-hydrogen) atoms. The van der Waals surface area contributed by atoms with Crippen molar-refractivity contribution < 1.29 is 13.6 Å². The summed E-state index contributed by atoms with van der Waals surface area (Å²) in [6.45, 7) is 3.68. The lowest BCUT2D eigenvalue weighted by molar-refractivity contribution is -0.122. The molecule has 0 saturated carbocycles. The third-order valence-corrected chi connectivity index (χ3v) is 3.75. The molecule has 0 aromatic heterocycles. The van der Waals surface area contributed by atoms with Gasteiger partial charge in [-0.1, -0.05) is 6.07 Å². The molecule has 0 bridgehead atoms. The second-order valence-electron chi connectivity index (χ2n) is 5.35. The smallest absolute Gasteiger partial charge is 0.220 e. The van der Waals surface area contributed by atoms with Gasteiger partial charge in [0.2, 0.25) is 5.91 Å². The van der Waals surface area contributed by atoms with Crippen LogP contribution in [0.4, 0.5) is 8.78 Å². The lowest BCUT2D eigenvalue weighted by atomic mass is 10.0. The molecule has 1 aromatic rings. The van der Waals surface area contributed by atoms with Gasteiger partial charge in [-0.3, -0.25) is 4.79 Å². The minimum Gasteiger partial charge on any atom is -0.349 e. The molecular weight excluding hydrogens is 298 g/mol. The first-order valence-electron chi connectivity index (χ1n) is 7.01. The molecule has 1 amide bonds. The molecule has 1 aliphatic heterocycles. The van der Waals surface area contributed by atoms with Crippen LogP contribution in [0.2, 0.25) is 0 Å². The van der Waals surface area contributed by atoms with Crippen LogP contribution in [0, 0.1) is 17.6 Å². The van der Waals surface area contributed by atoms with Crippen molar-refractivity contribution in [1.29, 1.82) is 0 Å². The van der Waals surface area contributed by atoms with E-state index in [4.69, 9.17) is 0 Å². The largest absolute Gasteiger partial charge is 0.349 e. The summed E-state index contributed by atoms with van der Waals surface area (Å²) in [7, 11) is 0. The highest BCUT2D eigenvalue weighted by Crippen LogP contribution is 2.19. The molecule has 118 valence electrons. The third kappa shape index (κ3) is 5.25. The van der Waals surface area contributed by atoms with Gasteiger partial charge in [0.1, 0.15) is 11.6 Å². The maximum atomic E-state index is 13.6. The zero-order valence-electron chi connectivity index (χ0n) is 12.0. The van der Waals surface area contributed by atoms with Crippen molar-refractivity contribution in [1.82, 2.24) is 10.6 Å². The van der Waals surface area contributed by atoms with Crippen LogP contribution in [0.5, 0.6) is 0 Å². The molecule has 2 N–H and O–H groups in total. The first kappa shape index (κ1) is 17.9. The first-order valence-corrected chi connectivity index (χ1v) is 7.01. The van der Waals surface area contributed by atoms with Crippen LogP contribution in [0.1, 0.15) is 37.8 Å². The fraction of sp³-hybridized carbons (Fsp3) is 0.533. The van der Waals surface area contributed by atoms with Crippen molar-refractivity contribution in [3.8, 4) is 0 Å². The molecule has 1 unspecified atom stereocenters. The van der Waals surface area contributed by atoms with E-state index >= 15 is 0 Å². The maximum absolute atomic E-state index is 13.6. The molecule has 1 saturated heterocycles. The number of benzene rings is 1. The summed E-state index contributed by atoms with van der Waals surface area (Å²) in [6.07, 6.45) is 2.40. The van der Waals surface area contributed by atoms with E-state index in [1.807, 2.05) is 0 Å². The van der Waals surface area contributed by atoms with Crippen molar-refractivity contribution in [2.45, 2.75) is 32.2 Å². The lowest BCUT2D eigenvalue weighted by Crippen LogP contribution is -2.27. The highest BCUT2D eigenvalue weighted by atomic mass is 35.5. The fourth-order valence-corrected chi connectivity index (χ4v) is 2.54. The van der Waals surface area contributed by atoms with Gasteiger partial charge in [0.05, 0.1) is 6.04 Å². The molecule has 0 spiro atoms. The zero-order chi connectivity index (χ0) is 14.5. The molecule has 6 heteroatoms. The average molecular weight is 319 g/mol. The number of carbonyl (C=O) groups excluding carboxylic acids is 1. The van der Waals surface area contributed by atoms with E-state index in [0.717, 1.165) is 32.0 Å². The Balaban J connectivity index is 0.00000220. The van der Waals surface area contributed by atoms with Gasteiger partial charge in [-0.15, -0.1) is 12.4 Å². The number of nitrogens with one attached hydrogen (secondary N) is 2. The molecular formula is C15H21ClF2N2O. The zero-order valence-corrected chi connectivity index (χ0v) is 12.8. The van der Waals surface area contributed by atoms with E-state index in [0.29, 0.717) is 17.9 Å². The number of carbonyl (C=O) groups is 1. The van der Waals surface area contributed by atoms with Crippen molar-refractivity contribution in [2.75, 3.05) is 13.1 Å². The Morgan fingerprint density at radius 1 is 1.48 bits per heavy atom. The predicted molar refractivity (Wildman–Crippen MR) is 80.4 cm³/mol. The Kier molecular flexibility index (Phi) is 7.05. The highest BCUT2D eigenvalue weighted by Gasteiger charge is 2.18. The van der Waals surface area contributed by atoms with Crippen LogP contribution in [0.25, 0.3) is 0 Å². The van der Waals surface area contributed by atoms with E-state index < -0.39 is 17.7 Å². The monoisotopic (exact) mass is 318 g/mol. The normalized spacial score (nSPS) is 18.9. The van der Waals surface area contributed by atoms with Crippen LogP contribution < -0.4 is 10.6 Å². The SMILES string of the molecule is C[C@@H](NC(=O)CCC1CCNC1)c1ccc(F)cc1F.Cl. The Labute approximate surface area is 129 Å². The van der Waals surface area contributed by atoms with Crippen LogP contribution in [-0.4, -0.2) is 19.0 Å². The van der Waals surface area contributed by atoms with Crippen LogP contribution >= 0.6 is 12.4 Å². The minimum atomic E-state index is -0.627. The van der Waals surface area contributed by atoms with E-state index in [2.05, 4.69) is 10.6 Å². The minimum absolute atomic E-state index is 0. The van der Waals surface area contributed by atoms with Crippen molar-refractivity contribution in [3.05, 3.63) is 35.4 Å². The summed E-state index contributed by atoms with van der Waals surface area (Å²) in [5.74, 6) is -0.775. The Hall–Kier alpha value is -1.20. The standard InChI is InChI=1S/C15H20F2N2O.ClH/c1-10(13-4-3-12(16)8-14(13)17)19-15(20)5-2-11-6-7-18-9-11;/h3-4,8,10-11,18H,2,5-7,9H2,1H3,(H,19,20);1H/t10-,11?;/m1./s1. The van der Waals surface area contributed by atoms with Crippen molar-refractivity contribution in [2.24, 2.45) is 5.92 Å². The summed E-state index contributed by atoms with van der Waals surface area (Å²) in [4.78, 5) is 11.8. The van der Waals surface area contributed by atoms with Gasteiger partial charge in [0, 0.05) is 18.1 Å². The lowest BCUT2D eigenvalue weighted by Gasteiger charge is -2.16. The topological polar surface area (TPSA) is 41.1 Å².